The van der Waals surface area contributed by atoms with Crippen LogP contribution in [0.4, 0.5) is 0 Å². The molecule has 70 valence electrons. The van der Waals surface area contributed by atoms with Gasteiger partial charge in [-0.25, -0.2) is 0 Å². The average Bonchev–Trinajstić information content (AvgIpc) is 2.19. The number of rotatable bonds is 3. The van der Waals surface area contributed by atoms with Crippen LogP contribution in [0.25, 0.3) is 0 Å². The monoisotopic (exact) mass is 177 g/mol. The predicted molar refractivity (Wildman–Crippen MR) is 51.9 cm³/mol. The summed E-state index contributed by atoms with van der Waals surface area (Å²) in [6.07, 6.45) is 10.7. The van der Waals surface area contributed by atoms with Crippen LogP contribution in [0.5, 0.6) is 0 Å². The third-order valence-electron chi connectivity index (χ3n) is 2.57. The maximum absolute atomic E-state index is 8.51. The lowest BCUT2D eigenvalue weighted by Crippen LogP contribution is -2.28. The molecule has 0 bridgehead atoms. The van der Waals surface area contributed by atoms with Crippen molar-refractivity contribution in [2.75, 3.05) is 0 Å². The molecule has 0 aromatic carbocycles. The Hall–Kier alpha value is -1.23. The first kappa shape index (κ1) is 9.85. The molecule has 0 fully saturated rings. The van der Waals surface area contributed by atoms with E-state index in [9.17, 15) is 0 Å². The molecule has 1 atom stereocenters. The van der Waals surface area contributed by atoms with Crippen LogP contribution in [0.1, 0.15) is 33.1 Å². The number of allylic oxidation sites excluding steroid dienone is 2. The summed E-state index contributed by atoms with van der Waals surface area (Å²) in [4.78, 5) is 0. The smallest absolute Gasteiger partial charge is 0.287 e. The number of nitriles is 1. The zero-order valence-corrected chi connectivity index (χ0v) is 8.21. The molecule has 2 heteroatoms. The summed E-state index contributed by atoms with van der Waals surface area (Å²) in [6, 6.07) is 0. The molecule has 0 aromatic rings. The zero-order valence-electron chi connectivity index (χ0n) is 8.21. The Morgan fingerprint density at radius 2 is 2.38 bits per heavy atom. The first-order valence-corrected chi connectivity index (χ1v) is 4.71. The third-order valence-corrected chi connectivity index (χ3v) is 2.57. The van der Waals surface area contributed by atoms with Crippen LogP contribution in [0.2, 0.25) is 0 Å². The van der Waals surface area contributed by atoms with E-state index in [1.54, 1.807) is 6.26 Å². The van der Waals surface area contributed by atoms with Gasteiger partial charge in [0, 0.05) is 6.42 Å². The molecule has 1 rings (SSSR count). The van der Waals surface area contributed by atoms with Crippen molar-refractivity contribution in [2.45, 2.75) is 38.7 Å². The second-order valence-electron chi connectivity index (χ2n) is 3.28. The molecule has 13 heavy (non-hydrogen) atoms. The Morgan fingerprint density at radius 3 is 2.77 bits per heavy atom. The Morgan fingerprint density at radius 1 is 1.62 bits per heavy atom. The molecule has 1 aliphatic carbocycles. The molecule has 0 spiro atoms. The lowest BCUT2D eigenvalue weighted by atomic mass is 9.89. The van der Waals surface area contributed by atoms with Crippen LogP contribution in [-0.4, -0.2) is 5.60 Å². The highest BCUT2D eigenvalue weighted by Gasteiger charge is 2.27. The average molecular weight is 177 g/mol. The van der Waals surface area contributed by atoms with Gasteiger partial charge in [-0.2, -0.15) is 5.26 Å². The van der Waals surface area contributed by atoms with Gasteiger partial charge in [-0.05, 0) is 18.9 Å². The van der Waals surface area contributed by atoms with Crippen LogP contribution >= 0.6 is 0 Å². The number of hydrogen-bond acceptors (Lipinski definition) is 2. The number of nitrogens with zero attached hydrogens (tertiary/aromatic N) is 1. The van der Waals surface area contributed by atoms with E-state index >= 15 is 0 Å². The van der Waals surface area contributed by atoms with Crippen molar-refractivity contribution in [1.29, 1.82) is 5.26 Å². The lowest BCUT2D eigenvalue weighted by molar-refractivity contribution is 0.0800. The van der Waals surface area contributed by atoms with Crippen molar-refractivity contribution in [1.82, 2.24) is 0 Å². The molecule has 0 aliphatic heterocycles. The largest absolute Gasteiger partial charge is 0.416 e. The quantitative estimate of drug-likeness (QED) is 0.621. The van der Waals surface area contributed by atoms with Gasteiger partial charge in [0.1, 0.15) is 5.60 Å². The minimum Gasteiger partial charge on any atom is -0.416 e. The van der Waals surface area contributed by atoms with Gasteiger partial charge >= 0.3 is 0 Å². The lowest BCUT2D eigenvalue weighted by Gasteiger charge is -2.27. The van der Waals surface area contributed by atoms with E-state index in [0.29, 0.717) is 0 Å². The van der Waals surface area contributed by atoms with Crippen LogP contribution < -0.4 is 0 Å². The highest BCUT2D eigenvalue weighted by Crippen LogP contribution is 2.28. The molecule has 1 unspecified atom stereocenters. The summed E-state index contributed by atoms with van der Waals surface area (Å²) in [6.45, 7) is 4.16. The molecule has 0 heterocycles. The fourth-order valence-corrected chi connectivity index (χ4v) is 1.46. The molecular weight excluding hydrogens is 162 g/mol. The highest BCUT2D eigenvalue weighted by atomic mass is 16.5. The minimum atomic E-state index is -0.368. The first-order valence-electron chi connectivity index (χ1n) is 4.71. The fourth-order valence-electron chi connectivity index (χ4n) is 1.46. The second-order valence-corrected chi connectivity index (χ2v) is 3.28. The van der Waals surface area contributed by atoms with E-state index in [1.165, 1.54) is 5.57 Å². The Kier molecular flexibility index (Phi) is 3.13. The summed E-state index contributed by atoms with van der Waals surface area (Å²) in [5.74, 6) is 0. The highest BCUT2D eigenvalue weighted by molar-refractivity contribution is 5.27. The second kappa shape index (κ2) is 4.13. The fraction of sp³-hybridized carbons (Fsp3) is 0.545. The van der Waals surface area contributed by atoms with Gasteiger partial charge in [0.2, 0.25) is 0 Å². The Balaban J connectivity index is 2.72. The summed E-state index contributed by atoms with van der Waals surface area (Å²) in [5, 5.41) is 8.51. The van der Waals surface area contributed by atoms with E-state index in [1.807, 2.05) is 13.0 Å². The van der Waals surface area contributed by atoms with Gasteiger partial charge in [-0.15, -0.1) is 0 Å². The normalized spacial score (nSPS) is 26.4. The summed E-state index contributed by atoms with van der Waals surface area (Å²) < 4.78 is 5.09. The van der Waals surface area contributed by atoms with Gasteiger partial charge in [-0.3, -0.25) is 0 Å². The maximum atomic E-state index is 8.51. The predicted octanol–water partition coefficient (Wildman–Crippen LogP) is 2.93. The van der Waals surface area contributed by atoms with Gasteiger partial charge in [0.05, 0.1) is 0 Å². The van der Waals surface area contributed by atoms with Crippen LogP contribution in [0, 0.1) is 11.5 Å². The molecule has 0 aromatic heterocycles. The van der Waals surface area contributed by atoms with Crippen LogP contribution in [0.15, 0.2) is 23.8 Å². The standard InChI is InChI=1S/C11H15NO/c1-3-10-5-7-11(4-2,8-6-10)13-9-12/h5-7H,3-4,8H2,1-2H3. The van der Waals surface area contributed by atoms with Crippen molar-refractivity contribution >= 4 is 0 Å². The van der Waals surface area contributed by atoms with Crippen molar-refractivity contribution in [3.05, 3.63) is 23.8 Å². The molecule has 0 amide bonds. The van der Waals surface area contributed by atoms with Gasteiger partial charge < -0.3 is 4.74 Å². The van der Waals surface area contributed by atoms with E-state index in [-0.39, 0.29) is 5.60 Å². The third kappa shape index (κ3) is 2.12. The van der Waals surface area contributed by atoms with E-state index in [2.05, 4.69) is 19.1 Å². The first-order chi connectivity index (χ1) is 6.26. The van der Waals surface area contributed by atoms with Gasteiger partial charge in [0.15, 0.2) is 0 Å². The van der Waals surface area contributed by atoms with E-state index < -0.39 is 0 Å². The maximum Gasteiger partial charge on any atom is 0.287 e. The SMILES string of the molecule is CCC1=CCC(CC)(OC#N)C=C1. The Labute approximate surface area is 79.5 Å². The molecule has 0 radical (unpaired) electrons. The molecule has 0 saturated carbocycles. The van der Waals surface area contributed by atoms with Crippen molar-refractivity contribution in [3.8, 4) is 6.26 Å². The molecule has 0 N–H and O–H groups in total. The van der Waals surface area contributed by atoms with Crippen LogP contribution in [-0.2, 0) is 4.74 Å². The zero-order chi connectivity index (χ0) is 9.73. The van der Waals surface area contributed by atoms with E-state index in [0.717, 1.165) is 19.3 Å². The topological polar surface area (TPSA) is 33.0 Å². The number of ether oxygens (including phenoxy) is 1. The van der Waals surface area contributed by atoms with Crippen LogP contribution in [0.3, 0.4) is 0 Å². The number of hydrogen-bond donors (Lipinski definition) is 0. The minimum absolute atomic E-state index is 0.368. The molecule has 1 aliphatic rings. The summed E-state index contributed by atoms with van der Waals surface area (Å²) in [7, 11) is 0. The summed E-state index contributed by atoms with van der Waals surface area (Å²) >= 11 is 0. The van der Waals surface area contributed by atoms with Crippen molar-refractivity contribution in [3.63, 3.8) is 0 Å². The Bertz CT molecular complexity index is 272. The molecule has 2 nitrogen and oxygen atoms in total. The van der Waals surface area contributed by atoms with Gasteiger partial charge in [-0.1, -0.05) is 31.6 Å². The van der Waals surface area contributed by atoms with E-state index in [4.69, 9.17) is 10.00 Å². The molecular formula is C11H15NO. The van der Waals surface area contributed by atoms with Gasteiger partial charge in [0.25, 0.3) is 6.26 Å². The van der Waals surface area contributed by atoms with Crippen molar-refractivity contribution < 1.29 is 4.74 Å². The summed E-state index contributed by atoms with van der Waals surface area (Å²) in [5.41, 5.74) is 0.957. The molecule has 0 saturated heterocycles. The van der Waals surface area contributed by atoms with Crippen molar-refractivity contribution in [2.24, 2.45) is 0 Å².